The van der Waals surface area contributed by atoms with E-state index in [1.54, 1.807) is 6.92 Å². The second kappa shape index (κ2) is 12.4. The first-order valence-corrected chi connectivity index (χ1v) is 4.55. The summed E-state index contributed by atoms with van der Waals surface area (Å²) in [5, 5.41) is 0. The Hall–Kier alpha value is -0.720. The smallest absolute Gasteiger partial charge is 0.322 e. The first-order chi connectivity index (χ1) is 6.57. The van der Waals surface area contributed by atoms with Crippen molar-refractivity contribution in [3.05, 3.63) is 0 Å². The SMILES string of the molecule is CCOC(=O)C(N)CCCN=C(N)N.Cl.Cl. The molecule has 1 unspecified atom stereocenters. The molecular formula is C8H20Cl2N4O2. The van der Waals surface area contributed by atoms with Crippen LogP contribution in [0, 0.1) is 0 Å². The minimum absolute atomic E-state index is 0. The maximum absolute atomic E-state index is 11.0. The Morgan fingerprint density at radius 3 is 2.38 bits per heavy atom. The van der Waals surface area contributed by atoms with Crippen LogP contribution in [0.15, 0.2) is 4.99 Å². The molecule has 0 aliphatic carbocycles. The van der Waals surface area contributed by atoms with E-state index >= 15 is 0 Å². The molecule has 0 heterocycles. The lowest BCUT2D eigenvalue weighted by atomic mass is 10.2. The van der Waals surface area contributed by atoms with Crippen LogP contribution in [0.2, 0.25) is 0 Å². The number of esters is 1. The fraction of sp³-hybridized carbons (Fsp3) is 0.750. The molecule has 1 atom stereocenters. The number of carbonyl (C=O) groups is 1. The van der Waals surface area contributed by atoms with Crippen molar-refractivity contribution in [1.29, 1.82) is 0 Å². The predicted molar refractivity (Wildman–Crippen MR) is 69.0 cm³/mol. The molecule has 6 N–H and O–H groups in total. The highest BCUT2D eigenvalue weighted by Gasteiger charge is 2.13. The second-order valence-corrected chi connectivity index (χ2v) is 2.81. The molecule has 0 radical (unpaired) electrons. The van der Waals surface area contributed by atoms with Crippen LogP contribution in [0.4, 0.5) is 0 Å². The van der Waals surface area contributed by atoms with E-state index < -0.39 is 6.04 Å². The molecule has 0 rings (SSSR count). The van der Waals surface area contributed by atoms with Gasteiger partial charge in [-0.1, -0.05) is 0 Å². The van der Waals surface area contributed by atoms with Crippen LogP contribution in [0.25, 0.3) is 0 Å². The maximum atomic E-state index is 11.0. The van der Waals surface area contributed by atoms with Crippen molar-refractivity contribution in [2.45, 2.75) is 25.8 Å². The van der Waals surface area contributed by atoms with E-state index in [-0.39, 0.29) is 36.7 Å². The number of halogens is 2. The van der Waals surface area contributed by atoms with Crippen LogP contribution >= 0.6 is 24.8 Å². The van der Waals surface area contributed by atoms with Crippen LogP contribution in [-0.2, 0) is 9.53 Å². The predicted octanol–water partition coefficient (Wildman–Crippen LogP) is -0.226. The molecule has 0 spiro atoms. The van der Waals surface area contributed by atoms with Gasteiger partial charge in [0.25, 0.3) is 0 Å². The summed E-state index contributed by atoms with van der Waals surface area (Å²) in [5.74, 6) is -0.327. The van der Waals surface area contributed by atoms with Gasteiger partial charge in [-0.3, -0.25) is 9.79 Å². The average Bonchev–Trinajstić information content (AvgIpc) is 2.12. The first-order valence-electron chi connectivity index (χ1n) is 4.55. The molecule has 0 aliphatic rings. The summed E-state index contributed by atoms with van der Waals surface area (Å²) in [6.07, 6.45) is 1.19. The molecule has 16 heavy (non-hydrogen) atoms. The van der Waals surface area contributed by atoms with Crippen molar-refractivity contribution in [1.82, 2.24) is 0 Å². The fourth-order valence-corrected chi connectivity index (χ4v) is 0.887. The summed E-state index contributed by atoms with van der Waals surface area (Å²) in [5.41, 5.74) is 15.8. The number of carbonyl (C=O) groups excluding carboxylic acids is 1. The Bertz CT molecular complexity index is 210. The largest absolute Gasteiger partial charge is 0.465 e. The highest BCUT2D eigenvalue weighted by atomic mass is 35.5. The van der Waals surface area contributed by atoms with Gasteiger partial charge in [0.05, 0.1) is 6.61 Å². The van der Waals surface area contributed by atoms with Gasteiger partial charge in [-0.25, -0.2) is 0 Å². The van der Waals surface area contributed by atoms with Crippen molar-refractivity contribution < 1.29 is 9.53 Å². The number of aliphatic imine (C=N–C) groups is 1. The Kier molecular flexibility index (Phi) is 15.9. The minimum Gasteiger partial charge on any atom is -0.465 e. The normalized spacial score (nSPS) is 10.4. The minimum atomic E-state index is -0.579. The summed E-state index contributed by atoms with van der Waals surface area (Å²) < 4.78 is 4.73. The van der Waals surface area contributed by atoms with Gasteiger partial charge in [0.1, 0.15) is 6.04 Å². The van der Waals surface area contributed by atoms with Crippen LogP contribution in [0.3, 0.4) is 0 Å². The summed E-state index contributed by atoms with van der Waals surface area (Å²) in [6, 6.07) is -0.579. The highest BCUT2D eigenvalue weighted by molar-refractivity contribution is 5.85. The van der Waals surface area contributed by atoms with Gasteiger partial charge in [0.15, 0.2) is 5.96 Å². The molecule has 0 amide bonds. The molecule has 0 aromatic carbocycles. The third-order valence-electron chi connectivity index (χ3n) is 1.56. The van der Waals surface area contributed by atoms with Crippen LogP contribution < -0.4 is 17.2 Å². The zero-order chi connectivity index (χ0) is 11.0. The maximum Gasteiger partial charge on any atom is 0.322 e. The van der Waals surface area contributed by atoms with Crippen LogP contribution in [0.1, 0.15) is 19.8 Å². The van der Waals surface area contributed by atoms with Gasteiger partial charge in [-0.2, -0.15) is 0 Å². The van der Waals surface area contributed by atoms with Crippen molar-refractivity contribution in [2.75, 3.05) is 13.2 Å². The van der Waals surface area contributed by atoms with Crippen molar-refractivity contribution in [3.63, 3.8) is 0 Å². The molecule has 6 nitrogen and oxygen atoms in total. The molecule has 98 valence electrons. The quantitative estimate of drug-likeness (QED) is 0.268. The highest BCUT2D eigenvalue weighted by Crippen LogP contribution is 1.97. The van der Waals surface area contributed by atoms with Gasteiger partial charge in [-0.05, 0) is 19.8 Å². The molecule has 0 aromatic heterocycles. The van der Waals surface area contributed by atoms with Crippen molar-refractivity contribution in [2.24, 2.45) is 22.2 Å². The van der Waals surface area contributed by atoms with E-state index in [0.717, 1.165) is 0 Å². The van der Waals surface area contributed by atoms with E-state index in [4.69, 9.17) is 21.9 Å². The third kappa shape index (κ3) is 11.4. The van der Waals surface area contributed by atoms with Crippen LogP contribution in [-0.4, -0.2) is 31.1 Å². The van der Waals surface area contributed by atoms with Gasteiger partial charge in [0.2, 0.25) is 0 Å². The summed E-state index contributed by atoms with van der Waals surface area (Å²) in [6.45, 7) is 2.57. The lowest BCUT2D eigenvalue weighted by molar-refractivity contribution is -0.144. The van der Waals surface area contributed by atoms with E-state index in [9.17, 15) is 4.79 Å². The number of nitrogens with two attached hydrogens (primary N) is 3. The van der Waals surface area contributed by atoms with E-state index in [0.29, 0.717) is 26.0 Å². The number of ether oxygens (including phenoxy) is 1. The monoisotopic (exact) mass is 274 g/mol. The fourth-order valence-electron chi connectivity index (χ4n) is 0.887. The molecule has 0 saturated carbocycles. The summed E-state index contributed by atoms with van der Waals surface area (Å²) in [7, 11) is 0. The van der Waals surface area contributed by atoms with Gasteiger partial charge >= 0.3 is 5.97 Å². The second-order valence-electron chi connectivity index (χ2n) is 2.81. The lowest BCUT2D eigenvalue weighted by Gasteiger charge is -2.08. The average molecular weight is 275 g/mol. The zero-order valence-electron chi connectivity index (χ0n) is 9.22. The molecule has 8 heteroatoms. The van der Waals surface area contributed by atoms with Gasteiger partial charge in [-0.15, -0.1) is 24.8 Å². The summed E-state index contributed by atoms with van der Waals surface area (Å²) in [4.78, 5) is 14.8. The number of nitrogens with zero attached hydrogens (tertiary/aromatic N) is 1. The number of hydrogen-bond acceptors (Lipinski definition) is 4. The topological polar surface area (TPSA) is 117 Å². The molecule has 0 fully saturated rings. The molecule has 0 aliphatic heterocycles. The summed E-state index contributed by atoms with van der Waals surface area (Å²) >= 11 is 0. The Morgan fingerprint density at radius 2 is 1.94 bits per heavy atom. The first kappa shape index (κ1) is 20.7. The molecular weight excluding hydrogens is 255 g/mol. The number of hydrogen-bond donors (Lipinski definition) is 3. The van der Waals surface area contributed by atoms with Crippen molar-refractivity contribution in [3.8, 4) is 0 Å². The van der Waals surface area contributed by atoms with Crippen molar-refractivity contribution >= 4 is 36.7 Å². The van der Waals surface area contributed by atoms with Crippen LogP contribution in [0.5, 0.6) is 0 Å². The van der Waals surface area contributed by atoms with Gasteiger partial charge in [0, 0.05) is 6.54 Å². The Morgan fingerprint density at radius 1 is 1.38 bits per heavy atom. The van der Waals surface area contributed by atoms with E-state index in [1.165, 1.54) is 0 Å². The Labute approximate surface area is 108 Å². The number of rotatable bonds is 6. The molecule has 0 bridgehead atoms. The third-order valence-corrected chi connectivity index (χ3v) is 1.56. The number of guanidine groups is 1. The molecule has 0 saturated heterocycles. The molecule has 0 aromatic rings. The van der Waals surface area contributed by atoms with E-state index in [1.807, 2.05) is 0 Å². The van der Waals surface area contributed by atoms with E-state index in [2.05, 4.69) is 4.99 Å². The van der Waals surface area contributed by atoms with Gasteiger partial charge < -0.3 is 21.9 Å². The standard InChI is InChI=1S/C8H18N4O2.2ClH/c1-2-14-7(13)6(9)4-3-5-12-8(10)11;;/h6H,2-5,9H2,1H3,(H4,10,11,12);2*1H. The Balaban J connectivity index is -0.000000845. The lowest BCUT2D eigenvalue weighted by Crippen LogP contribution is -2.32. The zero-order valence-corrected chi connectivity index (χ0v) is 10.9.